The summed E-state index contributed by atoms with van der Waals surface area (Å²) in [6, 6.07) is 6.40. The molecular weight excluding hydrogens is 238 g/mol. The van der Waals surface area contributed by atoms with Gasteiger partial charge in [-0.1, -0.05) is 0 Å². The Morgan fingerprint density at radius 1 is 1.35 bits per heavy atom. The van der Waals surface area contributed by atoms with E-state index >= 15 is 0 Å². The van der Waals surface area contributed by atoms with Gasteiger partial charge in [0.05, 0.1) is 9.93 Å². The predicted molar refractivity (Wildman–Crippen MR) is 67.4 cm³/mol. The molecule has 0 aliphatic heterocycles. The highest BCUT2D eigenvalue weighted by molar-refractivity contribution is 7.09. The summed E-state index contributed by atoms with van der Waals surface area (Å²) < 4.78 is 0. The zero-order valence-corrected chi connectivity index (χ0v) is 9.81. The number of rotatable bonds is 5. The number of benzene rings is 1. The van der Waals surface area contributed by atoms with Crippen molar-refractivity contribution in [3.8, 4) is 0 Å². The van der Waals surface area contributed by atoms with Crippen LogP contribution in [0.25, 0.3) is 0 Å². The van der Waals surface area contributed by atoms with Gasteiger partial charge in [-0.3, -0.25) is 10.1 Å². The van der Waals surface area contributed by atoms with E-state index in [0.29, 0.717) is 0 Å². The lowest BCUT2D eigenvalue weighted by Gasteiger charge is -2.04. The van der Waals surface area contributed by atoms with E-state index in [4.69, 9.17) is 0 Å². The van der Waals surface area contributed by atoms with E-state index in [1.807, 2.05) is 5.38 Å². The normalized spacial score (nSPS) is 10.1. The molecule has 2 rings (SSSR count). The molecular formula is C11H11N3O2S. The van der Waals surface area contributed by atoms with Crippen molar-refractivity contribution in [1.82, 2.24) is 4.98 Å². The van der Waals surface area contributed by atoms with Crippen LogP contribution in [0.1, 0.15) is 5.01 Å². The molecule has 0 atom stereocenters. The SMILES string of the molecule is O=[N+]([O-])c1ccc(NCCc2nccs2)cc1. The molecule has 5 nitrogen and oxygen atoms in total. The fourth-order valence-electron chi connectivity index (χ4n) is 1.39. The van der Waals surface area contributed by atoms with E-state index in [9.17, 15) is 10.1 Å². The van der Waals surface area contributed by atoms with E-state index < -0.39 is 4.92 Å². The van der Waals surface area contributed by atoms with Crippen molar-refractivity contribution in [3.63, 3.8) is 0 Å². The highest BCUT2D eigenvalue weighted by Crippen LogP contribution is 2.15. The maximum absolute atomic E-state index is 10.5. The lowest BCUT2D eigenvalue weighted by molar-refractivity contribution is -0.384. The Morgan fingerprint density at radius 2 is 2.12 bits per heavy atom. The highest BCUT2D eigenvalue weighted by Gasteiger charge is 2.03. The van der Waals surface area contributed by atoms with Crippen molar-refractivity contribution < 1.29 is 4.92 Å². The molecule has 0 unspecified atom stereocenters. The van der Waals surface area contributed by atoms with E-state index in [1.54, 1.807) is 29.7 Å². The Kier molecular flexibility index (Phi) is 3.66. The van der Waals surface area contributed by atoms with Crippen molar-refractivity contribution in [2.45, 2.75) is 6.42 Å². The number of hydrogen-bond donors (Lipinski definition) is 1. The molecule has 2 aromatic rings. The van der Waals surface area contributed by atoms with E-state index in [-0.39, 0.29) is 5.69 Å². The van der Waals surface area contributed by atoms with Crippen molar-refractivity contribution in [2.75, 3.05) is 11.9 Å². The minimum Gasteiger partial charge on any atom is -0.385 e. The number of nitrogens with zero attached hydrogens (tertiary/aromatic N) is 2. The summed E-state index contributed by atoms with van der Waals surface area (Å²) in [5.74, 6) is 0. The number of nitro groups is 1. The molecule has 0 saturated carbocycles. The second-order valence-corrected chi connectivity index (χ2v) is 4.39. The molecule has 0 bridgehead atoms. The van der Waals surface area contributed by atoms with Crippen molar-refractivity contribution in [2.24, 2.45) is 0 Å². The third-order valence-electron chi connectivity index (χ3n) is 2.23. The zero-order chi connectivity index (χ0) is 12.1. The third kappa shape index (κ3) is 3.25. The molecule has 0 amide bonds. The number of nitro benzene ring substituents is 1. The first-order valence-electron chi connectivity index (χ1n) is 5.12. The Hall–Kier alpha value is -1.95. The molecule has 1 N–H and O–H groups in total. The van der Waals surface area contributed by atoms with Crippen molar-refractivity contribution >= 4 is 22.7 Å². The van der Waals surface area contributed by atoms with E-state index in [2.05, 4.69) is 10.3 Å². The van der Waals surface area contributed by atoms with E-state index in [0.717, 1.165) is 23.7 Å². The van der Waals surface area contributed by atoms with Crippen molar-refractivity contribution in [3.05, 3.63) is 51.0 Å². The van der Waals surface area contributed by atoms with Gasteiger partial charge in [0.2, 0.25) is 0 Å². The average Bonchev–Trinajstić information content (AvgIpc) is 2.83. The van der Waals surface area contributed by atoms with Gasteiger partial charge in [-0.2, -0.15) is 0 Å². The van der Waals surface area contributed by atoms with Gasteiger partial charge < -0.3 is 5.32 Å². The second kappa shape index (κ2) is 5.40. The number of nitrogens with one attached hydrogen (secondary N) is 1. The zero-order valence-electron chi connectivity index (χ0n) is 9.00. The Bertz CT molecular complexity index is 482. The predicted octanol–water partition coefficient (Wildman–Crippen LogP) is 2.71. The number of hydrogen-bond acceptors (Lipinski definition) is 5. The molecule has 88 valence electrons. The van der Waals surface area contributed by atoms with Gasteiger partial charge in [-0.05, 0) is 12.1 Å². The van der Waals surface area contributed by atoms with Crippen LogP contribution < -0.4 is 5.32 Å². The Balaban J connectivity index is 1.85. The lowest BCUT2D eigenvalue weighted by Crippen LogP contribution is -2.04. The lowest BCUT2D eigenvalue weighted by atomic mass is 10.3. The van der Waals surface area contributed by atoms with Gasteiger partial charge in [-0.25, -0.2) is 4.98 Å². The Labute approximate surface area is 102 Å². The van der Waals surface area contributed by atoms with Gasteiger partial charge in [-0.15, -0.1) is 11.3 Å². The average molecular weight is 249 g/mol. The summed E-state index contributed by atoms with van der Waals surface area (Å²) in [5, 5.41) is 16.7. The van der Waals surface area contributed by atoms with Crippen molar-refractivity contribution in [1.29, 1.82) is 0 Å². The van der Waals surface area contributed by atoms with Gasteiger partial charge in [0.15, 0.2) is 0 Å². The summed E-state index contributed by atoms with van der Waals surface area (Å²) in [6.45, 7) is 0.769. The minimum absolute atomic E-state index is 0.107. The van der Waals surface area contributed by atoms with E-state index in [1.165, 1.54) is 12.1 Å². The maximum Gasteiger partial charge on any atom is 0.269 e. The molecule has 6 heteroatoms. The minimum atomic E-state index is -0.403. The van der Waals surface area contributed by atoms with Gasteiger partial charge in [0.1, 0.15) is 0 Å². The molecule has 1 aromatic carbocycles. The fourth-order valence-corrected chi connectivity index (χ4v) is 2.01. The van der Waals surface area contributed by atoms with Crippen LogP contribution in [-0.2, 0) is 6.42 Å². The number of aromatic nitrogens is 1. The molecule has 17 heavy (non-hydrogen) atoms. The molecule has 0 aliphatic carbocycles. The molecule has 0 fully saturated rings. The van der Waals surface area contributed by atoms with Crippen LogP contribution in [0.4, 0.5) is 11.4 Å². The molecule has 1 aromatic heterocycles. The fraction of sp³-hybridized carbons (Fsp3) is 0.182. The van der Waals surface area contributed by atoms with Crippen LogP contribution in [0.5, 0.6) is 0 Å². The quantitative estimate of drug-likeness (QED) is 0.653. The molecule has 0 aliphatic rings. The summed E-state index contributed by atoms with van der Waals surface area (Å²) in [4.78, 5) is 14.2. The van der Waals surface area contributed by atoms with Crippen LogP contribution in [-0.4, -0.2) is 16.5 Å². The first kappa shape index (κ1) is 11.5. The maximum atomic E-state index is 10.5. The molecule has 0 radical (unpaired) electrons. The standard InChI is InChI=1S/C11H11N3O2S/c15-14(16)10-3-1-9(2-4-10)12-6-5-11-13-7-8-17-11/h1-4,7-8,12H,5-6H2. The summed E-state index contributed by atoms with van der Waals surface area (Å²) in [7, 11) is 0. The van der Waals surface area contributed by atoms with Crippen LogP contribution >= 0.6 is 11.3 Å². The summed E-state index contributed by atoms with van der Waals surface area (Å²) >= 11 is 1.62. The smallest absolute Gasteiger partial charge is 0.269 e. The number of thiazole rings is 1. The Morgan fingerprint density at radius 3 is 2.71 bits per heavy atom. The highest BCUT2D eigenvalue weighted by atomic mass is 32.1. The monoisotopic (exact) mass is 249 g/mol. The van der Waals surface area contributed by atoms with Gasteiger partial charge in [0, 0.05) is 42.4 Å². The van der Waals surface area contributed by atoms with Crippen LogP contribution in [0.3, 0.4) is 0 Å². The van der Waals surface area contributed by atoms with Crippen LogP contribution in [0, 0.1) is 10.1 Å². The number of anilines is 1. The summed E-state index contributed by atoms with van der Waals surface area (Å²) in [6.07, 6.45) is 2.64. The molecule has 0 saturated heterocycles. The summed E-state index contributed by atoms with van der Waals surface area (Å²) in [5.41, 5.74) is 0.989. The van der Waals surface area contributed by atoms with Crippen LogP contribution in [0.2, 0.25) is 0 Å². The van der Waals surface area contributed by atoms with Crippen LogP contribution in [0.15, 0.2) is 35.8 Å². The van der Waals surface area contributed by atoms with Gasteiger partial charge >= 0.3 is 0 Å². The second-order valence-electron chi connectivity index (χ2n) is 3.41. The topological polar surface area (TPSA) is 68.1 Å². The number of non-ortho nitro benzene ring substituents is 1. The molecule has 0 spiro atoms. The third-order valence-corrected chi connectivity index (χ3v) is 3.07. The largest absolute Gasteiger partial charge is 0.385 e. The first-order chi connectivity index (χ1) is 8.25. The molecule has 1 heterocycles. The van der Waals surface area contributed by atoms with Gasteiger partial charge in [0.25, 0.3) is 5.69 Å². The first-order valence-corrected chi connectivity index (χ1v) is 6.00.